The lowest BCUT2D eigenvalue weighted by Crippen LogP contribution is -2.25. The Bertz CT molecular complexity index is 633. The summed E-state index contributed by atoms with van der Waals surface area (Å²) in [5.41, 5.74) is 2.52. The molecule has 0 atom stereocenters. The summed E-state index contributed by atoms with van der Waals surface area (Å²) in [5.74, 6) is -2.47. The fourth-order valence-electron chi connectivity index (χ4n) is 2.02. The van der Waals surface area contributed by atoms with Gasteiger partial charge in [-0.1, -0.05) is 29.8 Å². The van der Waals surface area contributed by atoms with Crippen LogP contribution in [0.2, 0.25) is 0 Å². The van der Waals surface area contributed by atoms with Gasteiger partial charge in [-0.15, -0.1) is 0 Å². The van der Waals surface area contributed by atoms with Crippen LogP contribution in [0.15, 0.2) is 36.4 Å². The molecule has 0 heterocycles. The Morgan fingerprint density at radius 2 is 1.75 bits per heavy atom. The van der Waals surface area contributed by atoms with Crippen molar-refractivity contribution in [3.8, 4) is 0 Å². The lowest BCUT2D eigenvalue weighted by atomic mass is 10.1. The molecule has 2 aromatic rings. The molecule has 0 bridgehead atoms. The maximum atomic E-state index is 13.5. The fourth-order valence-corrected chi connectivity index (χ4v) is 2.02. The van der Waals surface area contributed by atoms with Gasteiger partial charge in [-0.05, 0) is 37.1 Å². The van der Waals surface area contributed by atoms with Gasteiger partial charge in [0, 0.05) is 6.54 Å². The highest BCUT2D eigenvalue weighted by Crippen LogP contribution is 2.13. The second-order valence-electron chi connectivity index (χ2n) is 4.71. The van der Waals surface area contributed by atoms with Crippen molar-refractivity contribution in [3.05, 3.63) is 70.3 Å². The molecule has 0 aromatic heterocycles. The maximum absolute atomic E-state index is 13.5. The highest BCUT2D eigenvalue weighted by Gasteiger charge is 2.16. The Hall–Kier alpha value is -2.23. The number of nitrogens with one attached hydrogen (secondary N) is 1. The molecule has 20 heavy (non-hydrogen) atoms. The van der Waals surface area contributed by atoms with Crippen LogP contribution >= 0.6 is 0 Å². The first-order valence-corrected chi connectivity index (χ1v) is 6.27. The molecule has 0 radical (unpaired) electrons. The number of rotatable bonds is 3. The molecule has 4 heteroatoms. The highest BCUT2D eigenvalue weighted by molar-refractivity contribution is 5.94. The van der Waals surface area contributed by atoms with Crippen molar-refractivity contribution in [1.82, 2.24) is 5.32 Å². The summed E-state index contributed by atoms with van der Waals surface area (Å²) >= 11 is 0. The predicted octanol–water partition coefficient (Wildman–Crippen LogP) is 3.51. The summed E-state index contributed by atoms with van der Waals surface area (Å²) < 4.78 is 26.9. The number of aryl methyl sites for hydroxylation is 2. The second kappa shape index (κ2) is 5.82. The van der Waals surface area contributed by atoms with E-state index < -0.39 is 23.1 Å². The van der Waals surface area contributed by atoms with Crippen LogP contribution in [0.5, 0.6) is 0 Å². The molecule has 2 rings (SSSR count). The van der Waals surface area contributed by atoms with Gasteiger partial charge in [-0.2, -0.15) is 0 Å². The van der Waals surface area contributed by atoms with Crippen LogP contribution < -0.4 is 5.32 Å². The number of halogens is 2. The van der Waals surface area contributed by atoms with Gasteiger partial charge in [0.15, 0.2) is 0 Å². The van der Waals surface area contributed by atoms with Crippen molar-refractivity contribution in [2.45, 2.75) is 20.4 Å². The van der Waals surface area contributed by atoms with Crippen LogP contribution in [0.1, 0.15) is 27.0 Å². The van der Waals surface area contributed by atoms with E-state index in [-0.39, 0.29) is 6.54 Å². The van der Waals surface area contributed by atoms with Crippen molar-refractivity contribution in [1.29, 1.82) is 0 Å². The molecule has 104 valence electrons. The first-order chi connectivity index (χ1) is 9.49. The molecule has 2 nitrogen and oxygen atoms in total. The Morgan fingerprint density at radius 3 is 2.35 bits per heavy atom. The summed E-state index contributed by atoms with van der Waals surface area (Å²) in [6.07, 6.45) is 0. The van der Waals surface area contributed by atoms with Gasteiger partial charge in [0.2, 0.25) is 0 Å². The van der Waals surface area contributed by atoms with Crippen LogP contribution in [0, 0.1) is 25.5 Å². The molecule has 0 spiro atoms. The van der Waals surface area contributed by atoms with Gasteiger partial charge in [0.25, 0.3) is 5.91 Å². The van der Waals surface area contributed by atoms with Gasteiger partial charge in [0.1, 0.15) is 17.2 Å². The van der Waals surface area contributed by atoms with E-state index in [1.54, 1.807) is 0 Å². The summed E-state index contributed by atoms with van der Waals surface area (Å²) in [4.78, 5) is 11.8. The third-order valence-electron chi connectivity index (χ3n) is 3.13. The Balaban J connectivity index is 2.13. The van der Waals surface area contributed by atoms with E-state index in [0.29, 0.717) is 0 Å². The van der Waals surface area contributed by atoms with Gasteiger partial charge in [-0.3, -0.25) is 4.79 Å². The zero-order valence-corrected chi connectivity index (χ0v) is 11.3. The smallest absolute Gasteiger partial charge is 0.257 e. The van der Waals surface area contributed by atoms with Crippen molar-refractivity contribution < 1.29 is 13.6 Å². The normalized spacial score (nSPS) is 10.4. The second-order valence-corrected chi connectivity index (χ2v) is 4.71. The summed E-state index contributed by atoms with van der Waals surface area (Å²) in [6, 6.07) is 9.17. The molecule has 0 aliphatic heterocycles. The van der Waals surface area contributed by atoms with E-state index in [4.69, 9.17) is 0 Å². The summed E-state index contributed by atoms with van der Waals surface area (Å²) in [7, 11) is 0. The third-order valence-corrected chi connectivity index (χ3v) is 3.13. The van der Waals surface area contributed by atoms with E-state index in [1.165, 1.54) is 6.07 Å². The lowest BCUT2D eigenvalue weighted by Gasteiger charge is -2.10. The molecule has 2 aromatic carbocycles. The SMILES string of the molecule is Cc1ccc(CNC(=O)c2c(F)cccc2F)c(C)c1. The Morgan fingerprint density at radius 1 is 1.10 bits per heavy atom. The first kappa shape index (κ1) is 14.2. The van der Waals surface area contributed by atoms with Crippen LogP contribution in [0.4, 0.5) is 8.78 Å². The van der Waals surface area contributed by atoms with Crippen LogP contribution in [-0.4, -0.2) is 5.91 Å². The van der Waals surface area contributed by atoms with Gasteiger partial charge in [-0.25, -0.2) is 8.78 Å². The van der Waals surface area contributed by atoms with E-state index in [1.807, 2.05) is 32.0 Å². The van der Waals surface area contributed by atoms with Crippen molar-refractivity contribution in [2.75, 3.05) is 0 Å². The standard InChI is InChI=1S/C16H15F2NO/c1-10-6-7-12(11(2)8-10)9-19-16(20)15-13(17)4-3-5-14(15)18/h3-8H,9H2,1-2H3,(H,19,20). The fraction of sp³-hybridized carbons (Fsp3) is 0.188. The topological polar surface area (TPSA) is 29.1 Å². The average molecular weight is 275 g/mol. The van der Waals surface area contributed by atoms with E-state index in [0.717, 1.165) is 28.8 Å². The summed E-state index contributed by atoms with van der Waals surface area (Å²) in [6.45, 7) is 4.14. The summed E-state index contributed by atoms with van der Waals surface area (Å²) in [5, 5.41) is 2.54. The number of amides is 1. The van der Waals surface area contributed by atoms with Crippen molar-refractivity contribution >= 4 is 5.91 Å². The number of benzene rings is 2. The lowest BCUT2D eigenvalue weighted by molar-refractivity contribution is 0.0942. The minimum absolute atomic E-state index is 0.235. The highest BCUT2D eigenvalue weighted by atomic mass is 19.1. The number of carbonyl (C=O) groups is 1. The van der Waals surface area contributed by atoms with E-state index in [2.05, 4.69) is 5.32 Å². The first-order valence-electron chi connectivity index (χ1n) is 6.27. The molecule has 0 saturated carbocycles. The average Bonchev–Trinajstić information content (AvgIpc) is 2.37. The molecule has 0 fully saturated rings. The quantitative estimate of drug-likeness (QED) is 0.912. The zero-order chi connectivity index (χ0) is 14.7. The largest absolute Gasteiger partial charge is 0.348 e. The molecule has 1 amide bonds. The molecular formula is C16H15F2NO. The minimum Gasteiger partial charge on any atom is -0.348 e. The minimum atomic E-state index is -0.858. The molecule has 0 unspecified atom stereocenters. The van der Waals surface area contributed by atoms with Crippen molar-refractivity contribution in [3.63, 3.8) is 0 Å². The zero-order valence-electron chi connectivity index (χ0n) is 11.3. The van der Waals surface area contributed by atoms with Gasteiger partial charge in [0.05, 0.1) is 0 Å². The molecule has 0 aliphatic rings. The van der Waals surface area contributed by atoms with Gasteiger partial charge < -0.3 is 5.32 Å². The van der Waals surface area contributed by atoms with Crippen LogP contribution in [-0.2, 0) is 6.54 Å². The molecule has 1 N–H and O–H groups in total. The van der Waals surface area contributed by atoms with Crippen molar-refractivity contribution in [2.24, 2.45) is 0 Å². The van der Waals surface area contributed by atoms with E-state index in [9.17, 15) is 13.6 Å². The Labute approximate surface area is 116 Å². The third kappa shape index (κ3) is 3.02. The monoisotopic (exact) mass is 275 g/mol. The van der Waals surface area contributed by atoms with Crippen LogP contribution in [0.3, 0.4) is 0 Å². The number of hydrogen-bond donors (Lipinski definition) is 1. The maximum Gasteiger partial charge on any atom is 0.257 e. The van der Waals surface area contributed by atoms with E-state index >= 15 is 0 Å². The molecule has 0 saturated heterocycles. The number of hydrogen-bond acceptors (Lipinski definition) is 1. The van der Waals surface area contributed by atoms with Crippen LogP contribution in [0.25, 0.3) is 0 Å². The Kier molecular flexibility index (Phi) is 4.13. The molecule has 0 aliphatic carbocycles. The molecular weight excluding hydrogens is 260 g/mol. The predicted molar refractivity (Wildman–Crippen MR) is 73.4 cm³/mol. The van der Waals surface area contributed by atoms with Gasteiger partial charge >= 0.3 is 0 Å². The number of carbonyl (C=O) groups excluding carboxylic acids is 1.